The molecule has 3 aromatic rings. The highest BCUT2D eigenvalue weighted by Gasteiger charge is 2.18. The second-order valence-corrected chi connectivity index (χ2v) is 5.74. The third kappa shape index (κ3) is 3.74. The van der Waals surface area contributed by atoms with Gasteiger partial charge in [-0.15, -0.1) is 0 Å². The lowest BCUT2D eigenvalue weighted by Crippen LogP contribution is -2.09. The smallest absolute Gasteiger partial charge is 0.127 e. The largest absolute Gasteiger partial charge is 0.494 e. The number of ether oxygens (including phenoxy) is 2. The van der Waals surface area contributed by atoms with Gasteiger partial charge in [0.1, 0.15) is 23.2 Å². The Morgan fingerprint density at radius 2 is 1.76 bits per heavy atom. The molecule has 1 unspecified atom stereocenters. The Balaban J connectivity index is 1.64. The van der Waals surface area contributed by atoms with Gasteiger partial charge in [0.25, 0.3) is 0 Å². The molecule has 128 valence electrons. The van der Waals surface area contributed by atoms with Crippen molar-refractivity contribution in [2.75, 3.05) is 13.2 Å². The predicted octanol–water partition coefficient (Wildman–Crippen LogP) is 4.05. The number of aromatic nitrogens is 2. The van der Waals surface area contributed by atoms with Crippen molar-refractivity contribution in [2.45, 2.75) is 19.3 Å². The first-order valence-corrected chi connectivity index (χ1v) is 8.39. The molecule has 5 nitrogen and oxygen atoms in total. The zero-order chi connectivity index (χ0) is 17.6. The molecule has 2 aromatic carbocycles. The molecule has 25 heavy (non-hydrogen) atoms. The molecule has 0 aliphatic heterocycles. The maximum atomic E-state index is 9.55. The average Bonchev–Trinajstić information content (AvgIpc) is 2.97. The Labute approximate surface area is 147 Å². The Kier molecular flexibility index (Phi) is 5.20. The van der Waals surface area contributed by atoms with E-state index in [1.807, 2.05) is 67.1 Å². The molecule has 0 saturated carbocycles. The summed E-state index contributed by atoms with van der Waals surface area (Å²) < 4.78 is 13.2. The van der Waals surface area contributed by atoms with Gasteiger partial charge in [-0.2, -0.15) is 5.26 Å². The van der Waals surface area contributed by atoms with Crippen LogP contribution in [0.1, 0.15) is 25.1 Å². The Morgan fingerprint density at radius 1 is 1.08 bits per heavy atom. The average molecular weight is 335 g/mol. The van der Waals surface area contributed by atoms with Crippen molar-refractivity contribution >= 4 is 11.0 Å². The Hall–Kier alpha value is -3.00. The highest BCUT2D eigenvalue weighted by molar-refractivity contribution is 5.76. The number of benzene rings is 2. The monoisotopic (exact) mass is 335 g/mol. The summed E-state index contributed by atoms with van der Waals surface area (Å²) in [6, 6.07) is 17.8. The third-order valence-corrected chi connectivity index (χ3v) is 4.10. The molecule has 1 aromatic heterocycles. The van der Waals surface area contributed by atoms with E-state index < -0.39 is 0 Å². The van der Waals surface area contributed by atoms with Crippen LogP contribution in [0, 0.1) is 11.3 Å². The van der Waals surface area contributed by atoms with Crippen LogP contribution in [0.3, 0.4) is 0 Å². The van der Waals surface area contributed by atoms with Crippen molar-refractivity contribution in [3.8, 4) is 17.6 Å². The molecule has 0 N–H and O–H groups in total. The molecule has 0 saturated heterocycles. The number of para-hydroxylation sites is 2. The zero-order valence-electron chi connectivity index (χ0n) is 14.5. The number of aryl methyl sites for hydroxylation is 1. The van der Waals surface area contributed by atoms with Gasteiger partial charge in [-0.1, -0.05) is 12.1 Å². The van der Waals surface area contributed by atoms with Gasteiger partial charge in [0.2, 0.25) is 0 Å². The summed E-state index contributed by atoms with van der Waals surface area (Å²) in [5.74, 6) is 2.06. The van der Waals surface area contributed by atoms with Crippen molar-refractivity contribution in [1.82, 2.24) is 9.55 Å². The van der Waals surface area contributed by atoms with Crippen LogP contribution >= 0.6 is 0 Å². The topological polar surface area (TPSA) is 60.1 Å². The fraction of sp³-hybridized carbons (Fsp3) is 0.300. The first kappa shape index (κ1) is 16.8. The predicted molar refractivity (Wildman–Crippen MR) is 96.8 cm³/mol. The molecule has 1 atom stereocenters. The van der Waals surface area contributed by atoms with Crippen molar-refractivity contribution in [2.24, 2.45) is 7.05 Å². The van der Waals surface area contributed by atoms with Gasteiger partial charge in [-0.3, -0.25) is 0 Å². The van der Waals surface area contributed by atoms with E-state index in [0.29, 0.717) is 19.6 Å². The summed E-state index contributed by atoms with van der Waals surface area (Å²) in [6.07, 6.45) is 0.584. The van der Waals surface area contributed by atoms with Crippen LogP contribution < -0.4 is 9.47 Å². The van der Waals surface area contributed by atoms with Crippen molar-refractivity contribution in [3.05, 3.63) is 54.4 Å². The van der Waals surface area contributed by atoms with Crippen LogP contribution in [-0.4, -0.2) is 22.8 Å². The Bertz CT molecular complexity index is 878. The molecule has 0 bridgehead atoms. The summed E-state index contributed by atoms with van der Waals surface area (Å²) in [4.78, 5) is 4.61. The summed E-state index contributed by atoms with van der Waals surface area (Å²) in [6.45, 7) is 3.05. The lowest BCUT2D eigenvalue weighted by Gasteiger charge is -2.11. The molecule has 5 heteroatoms. The molecule has 0 radical (unpaired) electrons. The maximum absolute atomic E-state index is 9.55. The lowest BCUT2D eigenvalue weighted by molar-refractivity contribution is 0.302. The molecule has 1 heterocycles. The number of hydrogen-bond donors (Lipinski definition) is 0. The maximum Gasteiger partial charge on any atom is 0.127 e. The minimum Gasteiger partial charge on any atom is -0.494 e. The van der Waals surface area contributed by atoms with Crippen LogP contribution in [0.15, 0.2) is 48.5 Å². The molecule has 0 fully saturated rings. The van der Waals surface area contributed by atoms with Crippen molar-refractivity contribution < 1.29 is 9.47 Å². The molecule has 0 spiro atoms. The van der Waals surface area contributed by atoms with Gasteiger partial charge in [0, 0.05) is 13.5 Å². The van der Waals surface area contributed by atoms with E-state index in [1.165, 1.54) is 0 Å². The van der Waals surface area contributed by atoms with Crippen molar-refractivity contribution in [3.63, 3.8) is 0 Å². The second kappa shape index (κ2) is 7.71. The van der Waals surface area contributed by atoms with Gasteiger partial charge in [0.05, 0.1) is 30.3 Å². The standard InChI is InChI=1S/C20H21N3O2/c1-3-24-16-8-10-17(11-9-16)25-13-12-15(14-21)20-22-18-6-4-5-7-19(18)23(20)2/h4-11,15H,3,12-13H2,1-2H3. The normalized spacial score (nSPS) is 11.9. The quantitative estimate of drug-likeness (QED) is 0.653. The highest BCUT2D eigenvalue weighted by atomic mass is 16.5. The molecular weight excluding hydrogens is 314 g/mol. The number of fused-ring (bicyclic) bond motifs is 1. The van der Waals surface area contributed by atoms with Crippen LogP contribution in [0.25, 0.3) is 11.0 Å². The molecular formula is C20H21N3O2. The molecule has 0 amide bonds. The molecule has 3 rings (SSSR count). The minimum atomic E-state index is -0.305. The highest BCUT2D eigenvalue weighted by Crippen LogP contribution is 2.24. The number of nitrogens with zero attached hydrogens (tertiary/aromatic N) is 3. The Morgan fingerprint density at radius 3 is 2.40 bits per heavy atom. The van der Waals surface area contributed by atoms with Gasteiger partial charge < -0.3 is 14.0 Å². The SMILES string of the molecule is CCOc1ccc(OCCC(C#N)c2nc3ccccc3n2C)cc1. The van der Waals surface area contributed by atoms with E-state index in [-0.39, 0.29) is 5.92 Å². The van der Waals surface area contributed by atoms with Gasteiger partial charge in [-0.25, -0.2) is 4.98 Å². The molecule has 0 aliphatic rings. The summed E-state index contributed by atoms with van der Waals surface area (Å²) in [5.41, 5.74) is 1.94. The van der Waals surface area contributed by atoms with Crippen LogP contribution in [0.4, 0.5) is 0 Å². The number of hydrogen-bond acceptors (Lipinski definition) is 4. The van der Waals surface area contributed by atoms with Gasteiger partial charge >= 0.3 is 0 Å². The van der Waals surface area contributed by atoms with Crippen molar-refractivity contribution in [1.29, 1.82) is 5.26 Å². The fourth-order valence-corrected chi connectivity index (χ4v) is 2.82. The van der Waals surface area contributed by atoms with E-state index in [2.05, 4.69) is 11.1 Å². The summed E-state index contributed by atoms with van der Waals surface area (Å²) in [7, 11) is 1.95. The first-order chi connectivity index (χ1) is 12.2. The van der Waals surface area contributed by atoms with Gasteiger partial charge in [-0.05, 0) is 43.3 Å². The van der Waals surface area contributed by atoms with E-state index >= 15 is 0 Å². The lowest BCUT2D eigenvalue weighted by atomic mass is 10.1. The second-order valence-electron chi connectivity index (χ2n) is 5.74. The van der Waals surface area contributed by atoms with E-state index in [1.54, 1.807) is 0 Å². The molecule has 0 aliphatic carbocycles. The van der Waals surface area contributed by atoms with Gasteiger partial charge in [0.15, 0.2) is 0 Å². The fourth-order valence-electron chi connectivity index (χ4n) is 2.82. The van der Waals surface area contributed by atoms with E-state index in [0.717, 1.165) is 28.4 Å². The van der Waals surface area contributed by atoms with Crippen LogP contribution in [0.2, 0.25) is 0 Å². The third-order valence-electron chi connectivity index (χ3n) is 4.10. The van der Waals surface area contributed by atoms with Crippen LogP contribution in [0.5, 0.6) is 11.5 Å². The minimum absolute atomic E-state index is 0.305. The zero-order valence-corrected chi connectivity index (χ0v) is 14.5. The van der Waals surface area contributed by atoms with E-state index in [4.69, 9.17) is 9.47 Å². The number of imidazole rings is 1. The number of nitriles is 1. The van der Waals surface area contributed by atoms with Crippen LogP contribution in [-0.2, 0) is 7.05 Å². The summed E-state index contributed by atoms with van der Waals surface area (Å²) in [5, 5.41) is 9.55. The first-order valence-electron chi connectivity index (χ1n) is 8.39. The summed E-state index contributed by atoms with van der Waals surface area (Å²) >= 11 is 0. The van der Waals surface area contributed by atoms with E-state index in [9.17, 15) is 5.26 Å². The number of rotatable bonds is 7.